The van der Waals surface area contributed by atoms with E-state index in [1.165, 1.54) is 37.9 Å². The topological polar surface area (TPSA) is 94.7 Å². The van der Waals surface area contributed by atoms with Crippen molar-refractivity contribution < 1.29 is 4.39 Å². The summed E-state index contributed by atoms with van der Waals surface area (Å²) in [7, 11) is 0. The number of aromatic amines is 1. The van der Waals surface area contributed by atoms with Gasteiger partial charge < -0.3 is 10.3 Å². The van der Waals surface area contributed by atoms with E-state index in [-0.39, 0.29) is 0 Å². The van der Waals surface area contributed by atoms with E-state index in [4.69, 9.17) is 4.98 Å². The first kappa shape index (κ1) is 18.3. The molecule has 2 N–H and O–H groups in total. The highest BCUT2D eigenvalue weighted by molar-refractivity contribution is 5.92. The second-order valence-electron chi connectivity index (χ2n) is 8.91. The number of nitrogens with one attached hydrogen (secondary N) is 2. The summed E-state index contributed by atoms with van der Waals surface area (Å²) in [5.74, 6) is 2.73. The number of pyridine rings is 1. The van der Waals surface area contributed by atoms with Gasteiger partial charge in [0.25, 0.3) is 0 Å². The standard InChI is InChI=1S/C23H22FN7/c1-12-14-2-4-15(5-3-14)20(12)28-23-19-6-13(8-25)11-31(19)30-22(29-23)18-10-27-21-17(18)7-16(24)9-26-21/h6-7,9-12,14-15,20H,2-5H2,1H3,(H,26,27)(H,28,29,30)/t12-,14?,15?,20+/m0/s1. The van der Waals surface area contributed by atoms with Gasteiger partial charge in [-0.1, -0.05) is 6.92 Å². The predicted molar refractivity (Wildman–Crippen MR) is 115 cm³/mol. The average molecular weight is 415 g/mol. The summed E-state index contributed by atoms with van der Waals surface area (Å²) >= 11 is 0. The molecule has 8 heteroatoms. The SMILES string of the molecule is C[C@H]1C2CCC(CC2)[C@@H]1Nc1nc(-c2c[nH]c3ncc(F)cc23)nn2cc(C#N)cc12. The van der Waals surface area contributed by atoms with Crippen molar-refractivity contribution in [3.8, 4) is 17.5 Å². The minimum atomic E-state index is -0.410. The van der Waals surface area contributed by atoms with E-state index in [0.717, 1.165) is 17.3 Å². The van der Waals surface area contributed by atoms with E-state index in [9.17, 15) is 9.65 Å². The van der Waals surface area contributed by atoms with Crippen molar-refractivity contribution in [2.45, 2.75) is 38.6 Å². The fraction of sp³-hybridized carbons (Fsp3) is 0.391. The van der Waals surface area contributed by atoms with Crippen LogP contribution in [0.3, 0.4) is 0 Å². The first-order valence-corrected chi connectivity index (χ1v) is 10.8. The maximum absolute atomic E-state index is 13.9. The van der Waals surface area contributed by atoms with E-state index >= 15 is 0 Å². The average Bonchev–Trinajstić information content (AvgIpc) is 3.40. The number of anilines is 1. The molecule has 0 spiro atoms. The molecule has 4 aromatic heterocycles. The van der Waals surface area contributed by atoms with Crippen molar-refractivity contribution in [1.29, 1.82) is 5.26 Å². The first-order valence-electron chi connectivity index (χ1n) is 10.8. The second-order valence-corrected chi connectivity index (χ2v) is 8.91. The molecule has 0 unspecified atom stereocenters. The molecule has 4 aromatic rings. The third kappa shape index (κ3) is 2.87. The van der Waals surface area contributed by atoms with Gasteiger partial charge in [-0.3, -0.25) is 0 Å². The zero-order chi connectivity index (χ0) is 21.1. The molecule has 7 nitrogen and oxygen atoms in total. The van der Waals surface area contributed by atoms with Crippen LogP contribution in [0.4, 0.5) is 10.2 Å². The molecular weight excluding hydrogens is 393 g/mol. The van der Waals surface area contributed by atoms with Gasteiger partial charge in [0.2, 0.25) is 0 Å². The van der Waals surface area contributed by atoms with Crippen molar-refractivity contribution in [3.05, 3.63) is 42.1 Å². The van der Waals surface area contributed by atoms with E-state index < -0.39 is 5.82 Å². The zero-order valence-corrected chi connectivity index (χ0v) is 17.1. The Morgan fingerprint density at radius 2 is 2.03 bits per heavy atom. The van der Waals surface area contributed by atoms with Gasteiger partial charge in [-0.05, 0) is 55.6 Å². The summed E-state index contributed by atoms with van der Waals surface area (Å²) in [5, 5.41) is 18.4. The zero-order valence-electron chi connectivity index (χ0n) is 17.1. The maximum Gasteiger partial charge on any atom is 0.184 e. The summed E-state index contributed by atoms with van der Waals surface area (Å²) in [4.78, 5) is 12.0. The van der Waals surface area contributed by atoms with Crippen LogP contribution >= 0.6 is 0 Å². The molecule has 0 saturated heterocycles. The molecule has 3 saturated carbocycles. The number of fused-ring (bicyclic) bond motifs is 5. The Kier molecular flexibility index (Phi) is 4.00. The fourth-order valence-corrected chi connectivity index (χ4v) is 5.60. The molecular formula is C23H22FN7. The second kappa shape index (κ2) is 6.77. The molecule has 3 aliphatic rings. The molecule has 0 aliphatic heterocycles. The first-order chi connectivity index (χ1) is 15.1. The summed E-state index contributed by atoms with van der Waals surface area (Å²) in [6.07, 6.45) is 9.76. The van der Waals surface area contributed by atoms with Gasteiger partial charge in [-0.2, -0.15) is 5.26 Å². The number of H-pyrrole nitrogens is 1. The van der Waals surface area contributed by atoms with Crippen molar-refractivity contribution in [2.75, 3.05) is 5.32 Å². The lowest BCUT2D eigenvalue weighted by Crippen LogP contribution is -2.47. The van der Waals surface area contributed by atoms with E-state index in [0.29, 0.717) is 45.9 Å². The lowest BCUT2D eigenvalue weighted by Gasteiger charge is -2.47. The summed E-state index contributed by atoms with van der Waals surface area (Å²) in [6, 6.07) is 5.79. The summed E-state index contributed by atoms with van der Waals surface area (Å²) < 4.78 is 15.6. The van der Waals surface area contributed by atoms with Crippen molar-refractivity contribution >= 4 is 22.4 Å². The van der Waals surface area contributed by atoms with Crippen molar-refractivity contribution in [3.63, 3.8) is 0 Å². The van der Waals surface area contributed by atoms with Crippen LogP contribution in [-0.2, 0) is 0 Å². The third-order valence-electron chi connectivity index (χ3n) is 7.27. The van der Waals surface area contributed by atoms with Crippen LogP contribution in [0.15, 0.2) is 30.7 Å². The maximum atomic E-state index is 13.9. The summed E-state index contributed by atoms with van der Waals surface area (Å²) in [5.41, 5.74) is 2.56. The quantitative estimate of drug-likeness (QED) is 0.513. The van der Waals surface area contributed by atoms with Crippen LogP contribution in [0, 0.1) is 34.9 Å². The molecule has 2 bridgehead atoms. The lowest BCUT2D eigenvalue weighted by molar-refractivity contribution is 0.0928. The molecule has 0 radical (unpaired) electrons. The highest BCUT2D eigenvalue weighted by Crippen LogP contribution is 2.46. The third-order valence-corrected chi connectivity index (χ3v) is 7.27. The summed E-state index contributed by atoms with van der Waals surface area (Å²) in [6.45, 7) is 2.33. The number of halogens is 1. The number of rotatable bonds is 3. The highest BCUT2D eigenvalue weighted by Gasteiger charge is 2.41. The van der Waals surface area contributed by atoms with Gasteiger partial charge in [-0.15, -0.1) is 5.10 Å². The molecule has 0 aromatic carbocycles. The van der Waals surface area contributed by atoms with Crippen LogP contribution in [-0.4, -0.2) is 30.6 Å². The molecule has 2 atom stereocenters. The smallest absolute Gasteiger partial charge is 0.184 e. The molecule has 4 heterocycles. The van der Waals surface area contributed by atoms with Crippen molar-refractivity contribution in [1.82, 2.24) is 24.6 Å². The van der Waals surface area contributed by atoms with Gasteiger partial charge in [0.15, 0.2) is 11.6 Å². The molecule has 31 heavy (non-hydrogen) atoms. The van der Waals surface area contributed by atoms with Crippen LogP contribution < -0.4 is 5.32 Å². The lowest BCUT2D eigenvalue weighted by atomic mass is 9.62. The largest absolute Gasteiger partial charge is 0.365 e. The van der Waals surface area contributed by atoms with Gasteiger partial charge in [-0.25, -0.2) is 18.9 Å². The van der Waals surface area contributed by atoms with E-state index in [1.807, 2.05) is 6.07 Å². The molecule has 3 aliphatic carbocycles. The van der Waals surface area contributed by atoms with Gasteiger partial charge in [0, 0.05) is 29.4 Å². The Labute approximate surface area is 178 Å². The monoisotopic (exact) mass is 415 g/mol. The molecule has 0 amide bonds. The normalized spacial score (nSPS) is 25.2. The van der Waals surface area contributed by atoms with E-state index in [1.54, 1.807) is 16.9 Å². The van der Waals surface area contributed by atoms with Crippen LogP contribution in [0.25, 0.3) is 27.9 Å². The van der Waals surface area contributed by atoms with E-state index in [2.05, 4.69) is 33.4 Å². The van der Waals surface area contributed by atoms with Gasteiger partial charge in [0.1, 0.15) is 23.1 Å². The number of nitriles is 1. The number of hydrogen-bond acceptors (Lipinski definition) is 5. The number of nitrogens with zero attached hydrogens (tertiary/aromatic N) is 5. The molecule has 3 fully saturated rings. The van der Waals surface area contributed by atoms with Crippen LogP contribution in [0.5, 0.6) is 0 Å². The number of hydrogen-bond donors (Lipinski definition) is 2. The Morgan fingerprint density at radius 1 is 1.23 bits per heavy atom. The van der Waals surface area contributed by atoms with Gasteiger partial charge >= 0.3 is 0 Å². The van der Waals surface area contributed by atoms with Crippen LogP contribution in [0.1, 0.15) is 38.2 Å². The molecule has 156 valence electrons. The number of aromatic nitrogens is 5. The minimum absolute atomic E-state index is 0.349. The predicted octanol–water partition coefficient (Wildman–Crippen LogP) is 4.52. The van der Waals surface area contributed by atoms with Crippen LogP contribution in [0.2, 0.25) is 0 Å². The Balaban J connectivity index is 1.49. The highest BCUT2D eigenvalue weighted by atomic mass is 19.1. The Hall–Kier alpha value is -3.47. The Morgan fingerprint density at radius 3 is 2.81 bits per heavy atom. The van der Waals surface area contributed by atoms with Gasteiger partial charge in [0.05, 0.1) is 11.8 Å². The van der Waals surface area contributed by atoms with Crippen molar-refractivity contribution in [2.24, 2.45) is 17.8 Å². The minimum Gasteiger partial charge on any atom is -0.365 e. The Bertz CT molecular complexity index is 1340. The fourth-order valence-electron chi connectivity index (χ4n) is 5.60. The molecule has 7 rings (SSSR count).